The molecular formula is C25H23NO2. The Morgan fingerprint density at radius 1 is 0.964 bits per heavy atom. The number of carboxylic acids is 1. The normalized spacial score (nSPS) is 11.2. The first kappa shape index (κ1) is 18.1. The topological polar surface area (TPSA) is 53.1 Å². The highest BCUT2D eigenvalue weighted by molar-refractivity contribution is 5.90. The van der Waals surface area contributed by atoms with Crippen molar-refractivity contribution < 1.29 is 9.90 Å². The molecule has 0 aliphatic heterocycles. The molecule has 3 heteroatoms. The molecule has 4 aromatic rings. The summed E-state index contributed by atoms with van der Waals surface area (Å²) in [7, 11) is 0. The molecule has 0 saturated heterocycles. The van der Waals surface area contributed by atoms with Crippen molar-refractivity contribution in [2.75, 3.05) is 0 Å². The average Bonchev–Trinajstić information content (AvgIpc) is 3.16. The Hall–Kier alpha value is -3.33. The summed E-state index contributed by atoms with van der Waals surface area (Å²) in [6, 6.07) is 24.3. The molecule has 1 aromatic heterocycles. The molecule has 3 aromatic carbocycles. The van der Waals surface area contributed by atoms with E-state index in [-0.39, 0.29) is 0 Å². The maximum Gasteiger partial charge on any atom is 0.335 e. The monoisotopic (exact) mass is 369 g/mol. The van der Waals surface area contributed by atoms with Gasteiger partial charge in [-0.2, -0.15) is 0 Å². The minimum absolute atomic E-state index is 0.313. The van der Waals surface area contributed by atoms with Crippen LogP contribution in [0.1, 0.15) is 46.9 Å². The van der Waals surface area contributed by atoms with E-state index in [9.17, 15) is 4.79 Å². The molecule has 0 aliphatic carbocycles. The van der Waals surface area contributed by atoms with Crippen LogP contribution in [-0.4, -0.2) is 16.1 Å². The van der Waals surface area contributed by atoms with Gasteiger partial charge in [0.05, 0.1) is 5.56 Å². The molecule has 0 amide bonds. The summed E-state index contributed by atoms with van der Waals surface area (Å²) in [5, 5.41) is 11.6. The van der Waals surface area contributed by atoms with Crippen LogP contribution in [-0.2, 0) is 6.42 Å². The van der Waals surface area contributed by atoms with E-state index in [1.807, 2.05) is 12.1 Å². The van der Waals surface area contributed by atoms with E-state index in [0.29, 0.717) is 11.5 Å². The molecule has 0 unspecified atom stereocenters. The van der Waals surface area contributed by atoms with Crippen LogP contribution in [0.5, 0.6) is 0 Å². The van der Waals surface area contributed by atoms with E-state index < -0.39 is 5.97 Å². The summed E-state index contributed by atoms with van der Waals surface area (Å²) in [6.07, 6.45) is 0.741. The zero-order chi connectivity index (χ0) is 19.7. The molecule has 28 heavy (non-hydrogen) atoms. The van der Waals surface area contributed by atoms with Gasteiger partial charge >= 0.3 is 5.97 Å². The third-order valence-corrected chi connectivity index (χ3v) is 5.19. The fourth-order valence-corrected chi connectivity index (χ4v) is 3.66. The van der Waals surface area contributed by atoms with Crippen molar-refractivity contribution in [3.8, 4) is 11.3 Å². The van der Waals surface area contributed by atoms with Gasteiger partial charge in [0, 0.05) is 17.8 Å². The van der Waals surface area contributed by atoms with Crippen molar-refractivity contribution in [3.05, 3.63) is 95.2 Å². The number of aromatic carboxylic acids is 1. The second-order valence-corrected chi connectivity index (χ2v) is 7.51. The molecule has 0 atom stereocenters. The smallest absolute Gasteiger partial charge is 0.335 e. The molecule has 0 fully saturated rings. The number of carbonyl (C=O) groups is 1. The Morgan fingerprint density at radius 3 is 2.46 bits per heavy atom. The van der Waals surface area contributed by atoms with Crippen molar-refractivity contribution in [3.63, 3.8) is 0 Å². The summed E-state index contributed by atoms with van der Waals surface area (Å²) in [4.78, 5) is 14.5. The predicted molar refractivity (Wildman–Crippen MR) is 114 cm³/mol. The SMILES string of the molecule is CC(C)c1cccc2ccc(-c3ccc(Cc4ccc(C(=O)O)cc4)[nH]3)cc12. The minimum Gasteiger partial charge on any atom is -0.478 e. The summed E-state index contributed by atoms with van der Waals surface area (Å²) >= 11 is 0. The van der Waals surface area contributed by atoms with Crippen molar-refractivity contribution in [1.82, 2.24) is 4.98 Å². The Balaban J connectivity index is 1.62. The van der Waals surface area contributed by atoms with Crippen LogP contribution in [0.4, 0.5) is 0 Å². The summed E-state index contributed by atoms with van der Waals surface area (Å²) < 4.78 is 0. The number of carboxylic acid groups (broad SMARTS) is 1. The number of fused-ring (bicyclic) bond motifs is 1. The van der Waals surface area contributed by atoms with Crippen LogP contribution in [0.25, 0.3) is 22.0 Å². The van der Waals surface area contributed by atoms with Gasteiger partial charge in [0.25, 0.3) is 0 Å². The number of nitrogens with one attached hydrogen (secondary N) is 1. The van der Waals surface area contributed by atoms with E-state index >= 15 is 0 Å². The highest BCUT2D eigenvalue weighted by Crippen LogP contribution is 2.30. The van der Waals surface area contributed by atoms with E-state index in [4.69, 9.17) is 5.11 Å². The quantitative estimate of drug-likeness (QED) is 0.437. The predicted octanol–water partition coefficient (Wildman–Crippen LogP) is 6.25. The van der Waals surface area contributed by atoms with Gasteiger partial charge in [-0.15, -0.1) is 0 Å². The summed E-state index contributed by atoms with van der Waals surface area (Å²) in [5.41, 5.74) is 6.14. The van der Waals surface area contributed by atoms with Crippen LogP contribution < -0.4 is 0 Å². The molecule has 4 rings (SSSR count). The van der Waals surface area contributed by atoms with E-state index in [1.165, 1.54) is 21.9 Å². The van der Waals surface area contributed by atoms with Crippen LogP contribution in [0.15, 0.2) is 72.8 Å². The lowest BCUT2D eigenvalue weighted by Crippen LogP contribution is -1.96. The van der Waals surface area contributed by atoms with Crippen LogP contribution in [0.3, 0.4) is 0 Å². The molecule has 0 bridgehead atoms. The number of benzene rings is 3. The molecule has 0 radical (unpaired) electrons. The molecule has 2 N–H and O–H groups in total. The van der Waals surface area contributed by atoms with Crippen LogP contribution >= 0.6 is 0 Å². The first-order chi connectivity index (χ1) is 13.5. The average molecular weight is 369 g/mol. The fraction of sp³-hybridized carbons (Fsp3) is 0.160. The van der Waals surface area contributed by atoms with Crippen molar-refractivity contribution in [2.24, 2.45) is 0 Å². The highest BCUT2D eigenvalue weighted by Gasteiger charge is 2.09. The van der Waals surface area contributed by atoms with Crippen molar-refractivity contribution in [2.45, 2.75) is 26.2 Å². The van der Waals surface area contributed by atoms with Gasteiger partial charge in [0.15, 0.2) is 0 Å². The van der Waals surface area contributed by atoms with Gasteiger partial charge < -0.3 is 10.1 Å². The molecule has 140 valence electrons. The summed E-state index contributed by atoms with van der Waals surface area (Å²) in [5.74, 6) is -0.419. The maximum absolute atomic E-state index is 11.0. The first-order valence-electron chi connectivity index (χ1n) is 9.54. The number of H-pyrrole nitrogens is 1. The van der Waals surface area contributed by atoms with Crippen molar-refractivity contribution in [1.29, 1.82) is 0 Å². The zero-order valence-electron chi connectivity index (χ0n) is 16.1. The fourth-order valence-electron chi connectivity index (χ4n) is 3.66. The molecule has 1 heterocycles. The number of aromatic amines is 1. The second-order valence-electron chi connectivity index (χ2n) is 7.51. The zero-order valence-corrected chi connectivity index (χ0v) is 16.1. The lowest BCUT2D eigenvalue weighted by molar-refractivity contribution is 0.0697. The van der Waals surface area contributed by atoms with Crippen LogP contribution in [0, 0.1) is 0 Å². The van der Waals surface area contributed by atoms with Gasteiger partial charge in [0.1, 0.15) is 0 Å². The number of hydrogen-bond acceptors (Lipinski definition) is 1. The number of hydrogen-bond donors (Lipinski definition) is 2. The molecule has 3 nitrogen and oxygen atoms in total. The lowest BCUT2D eigenvalue weighted by Gasteiger charge is -2.11. The Morgan fingerprint density at radius 2 is 1.75 bits per heavy atom. The molecule has 0 spiro atoms. The first-order valence-corrected chi connectivity index (χ1v) is 9.54. The van der Waals surface area contributed by atoms with E-state index in [2.05, 4.69) is 67.4 Å². The summed E-state index contributed by atoms with van der Waals surface area (Å²) in [6.45, 7) is 4.45. The van der Waals surface area contributed by atoms with Gasteiger partial charge in [-0.1, -0.05) is 56.3 Å². The third-order valence-electron chi connectivity index (χ3n) is 5.19. The number of rotatable bonds is 5. The van der Waals surface area contributed by atoms with Gasteiger partial charge in [-0.05, 0) is 63.7 Å². The van der Waals surface area contributed by atoms with E-state index in [0.717, 1.165) is 23.4 Å². The second kappa shape index (κ2) is 7.35. The van der Waals surface area contributed by atoms with E-state index in [1.54, 1.807) is 12.1 Å². The Kier molecular flexibility index (Phi) is 4.74. The third kappa shape index (κ3) is 3.56. The van der Waals surface area contributed by atoms with Crippen molar-refractivity contribution >= 4 is 16.7 Å². The van der Waals surface area contributed by atoms with Gasteiger partial charge in [-0.25, -0.2) is 4.79 Å². The van der Waals surface area contributed by atoms with Gasteiger partial charge in [0.2, 0.25) is 0 Å². The highest BCUT2D eigenvalue weighted by atomic mass is 16.4. The molecule has 0 aliphatic rings. The van der Waals surface area contributed by atoms with Crippen LogP contribution in [0.2, 0.25) is 0 Å². The standard InChI is InChI=1S/C25H23NO2/c1-16(2)22-5-3-4-18-10-11-20(15-23(18)22)24-13-12-21(26-24)14-17-6-8-19(9-7-17)25(27)28/h3-13,15-16,26H,14H2,1-2H3,(H,27,28). The Labute approximate surface area is 164 Å². The minimum atomic E-state index is -0.897. The largest absolute Gasteiger partial charge is 0.478 e. The lowest BCUT2D eigenvalue weighted by atomic mass is 9.94. The maximum atomic E-state index is 11.0. The molecular weight excluding hydrogens is 346 g/mol. The molecule has 0 saturated carbocycles. The van der Waals surface area contributed by atoms with Gasteiger partial charge in [-0.3, -0.25) is 0 Å². The Bertz CT molecular complexity index is 1140. The number of aromatic nitrogens is 1.